The molecule has 0 fully saturated rings. The Hall–Kier alpha value is -5.92. The van der Waals surface area contributed by atoms with Crippen molar-refractivity contribution in [3.63, 3.8) is 0 Å². The normalized spacial score (nSPS) is 11.8. The number of aromatic nitrogens is 4. The van der Waals surface area contributed by atoms with Crippen LogP contribution >= 0.6 is 0 Å². The predicted octanol–water partition coefficient (Wildman–Crippen LogP) is 8.44. The van der Waals surface area contributed by atoms with Crippen LogP contribution in [0.4, 0.5) is 0 Å². The van der Waals surface area contributed by atoms with Gasteiger partial charge in [0.05, 0.1) is 22.8 Å². The Morgan fingerprint density at radius 1 is 0.306 bits per heavy atom. The monoisotopic (exact) mass is 622 g/mol. The van der Waals surface area contributed by atoms with Gasteiger partial charge in [0.2, 0.25) is 0 Å². The Bertz CT molecular complexity index is 2190. The number of H-pyrrole nitrogens is 2. The second-order valence-electron chi connectivity index (χ2n) is 12.0. The first-order chi connectivity index (χ1) is 23.8. The first-order valence-corrected chi connectivity index (χ1v) is 16.2. The summed E-state index contributed by atoms with van der Waals surface area (Å²) in [6, 6.07) is 50.7. The summed E-state index contributed by atoms with van der Waals surface area (Å²) in [5, 5.41) is 0. The maximum atomic E-state index is 5.35. The number of nitrogens with one attached hydrogen (secondary N) is 2. The summed E-state index contributed by atoms with van der Waals surface area (Å²) >= 11 is 0. The van der Waals surface area contributed by atoms with Gasteiger partial charge in [-0.05, 0) is 70.8 Å². The van der Waals surface area contributed by atoms with Gasteiger partial charge in [-0.3, -0.25) is 0 Å². The fourth-order valence-corrected chi connectivity index (χ4v) is 6.84. The van der Waals surface area contributed by atoms with Crippen molar-refractivity contribution in [3.8, 4) is 44.5 Å². The molecular weight excluding hydrogens is 591 g/mol. The molecule has 0 spiro atoms. The maximum Gasteiger partial charge on any atom is 1.00 e. The topological polar surface area (TPSA) is 57.4 Å². The van der Waals surface area contributed by atoms with E-state index in [-0.39, 0.29) is 20.3 Å². The number of fused-ring (bicyclic) bond motifs is 8. The number of rotatable bonds is 4. The van der Waals surface area contributed by atoms with E-state index in [1.165, 1.54) is 0 Å². The van der Waals surface area contributed by atoms with Crippen LogP contribution in [-0.4, -0.2) is 19.9 Å². The number of aromatic amines is 2. The molecule has 2 aliphatic heterocycles. The summed E-state index contributed by atoms with van der Waals surface area (Å²) in [5.41, 5.74) is 16.2. The smallest absolute Gasteiger partial charge is 1.00 e. The van der Waals surface area contributed by atoms with Gasteiger partial charge >= 0.3 is 18.9 Å². The number of hydrogen-bond acceptors (Lipinski definition) is 2. The summed E-state index contributed by atoms with van der Waals surface area (Å²) < 4.78 is 0. The molecule has 2 aliphatic rings. The standard InChI is InChI=1S/C44H30N4.Li.H/c1-5-13-29(14-6-1)41-33-21-23-35(45-33)42(30-15-7-2-8-16-30)37-25-27-39(47-37)44(32-19-11-4-12-20-32)40-28-26-38(48-40)43(31-17-9-3-10-18-31)36-24-22-34(41)46-36;;/h1-28,45,48H;;/q;+1;-1. The zero-order chi connectivity index (χ0) is 31.9. The van der Waals surface area contributed by atoms with Gasteiger partial charge in [-0.2, -0.15) is 0 Å². The summed E-state index contributed by atoms with van der Waals surface area (Å²) in [6.07, 6.45) is 8.54. The van der Waals surface area contributed by atoms with E-state index in [1.807, 2.05) is 24.3 Å². The van der Waals surface area contributed by atoms with Crippen LogP contribution in [0.2, 0.25) is 0 Å². The zero-order valence-corrected chi connectivity index (χ0v) is 27.1. The Labute approximate surface area is 298 Å². The molecule has 8 bridgehead atoms. The molecule has 0 saturated carbocycles. The molecule has 9 rings (SSSR count). The van der Waals surface area contributed by atoms with Crippen LogP contribution in [0, 0.1) is 0 Å². The van der Waals surface area contributed by atoms with E-state index in [4.69, 9.17) is 9.97 Å². The molecule has 0 atom stereocenters. The molecule has 7 aromatic rings. The molecule has 228 valence electrons. The molecule has 3 aromatic heterocycles. The van der Waals surface area contributed by atoms with Gasteiger partial charge in [-0.1, -0.05) is 121 Å². The van der Waals surface area contributed by atoms with Crippen molar-refractivity contribution in [2.45, 2.75) is 0 Å². The molecule has 4 nitrogen and oxygen atoms in total. The van der Waals surface area contributed by atoms with Crippen molar-refractivity contribution in [1.29, 1.82) is 0 Å². The third-order valence-corrected chi connectivity index (χ3v) is 9.00. The molecule has 0 radical (unpaired) electrons. The maximum absolute atomic E-state index is 5.35. The van der Waals surface area contributed by atoms with Crippen LogP contribution in [0.5, 0.6) is 0 Å². The van der Waals surface area contributed by atoms with E-state index in [2.05, 4.69) is 156 Å². The van der Waals surface area contributed by atoms with Crippen molar-refractivity contribution < 1.29 is 20.3 Å². The third kappa shape index (κ3) is 5.58. The fourth-order valence-electron chi connectivity index (χ4n) is 6.84. The predicted molar refractivity (Wildman–Crippen MR) is 202 cm³/mol. The van der Waals surface area contributed by atoms with Crippen molar-refractivity contribution in [2.24, 2.45) is 0 Å². The van der Waals surface area contributed by atoms with Crippen LogP contribution in [0.3, 0.4) is 0 Å². The molecule has 0 saturated heterocycles. The van der Waals surface area contributed by atoms with E-state index in [0.29, 0.717) is 0 Å². The van der Waals surface area contributed by atoms with Crippen LogP contribution in [0.25, 0.3) is 90.9 Å². The van der Waals surface area contributed by atoms with Crippen LogP contribution in [-0.2, 0) is 0 Å². The van der Waals surface area contributed by atoms with Crippen molar-refractivity contribution in [3.05, 3.63) is 168 Å². The Morgan fingerprint density at radius 2 is 0.531 bits per heavy atom. The van der Waals surface area contributed by atoms with Crippen LogP contribution < -0.4 is 18.9 Å². The number of benzene rings is 4. The van der Waals surface area contributed by atoms with Crippen molar-refractivity contribution >= 4 is 46.4 Å². The molecule has 4 aromatic carbocycles. The number of hydrogen-bond donors (Lipinski definition) is 2. The Morgan fingerprint density at radius 3 is 0.755 bits per heavy atom. The molecule has 0 amide bonds. The molecule has 49 heavy (non-hydrogen) atoms. The second kappa shape index (κ2) is 12.9. The van der Waals surface area contributed by atoms with Gasteiger partial charge in [-0.25, -0.2) is 9.97 Å². The van der Waals surface area contributed by atoms with Crippen molar-refractivity contribution in [2.75, 3.05) is 0 Å². The van der Waals surface area contributed by atoms with Gasteiger partial charge in [-0.15, -0.1) is 0 Å². The van der Waals surface area contributed by atoms with Gasteiger partial charge in [0.1, 0.15) is 0 Å². The summed E-state index contributed by atoms with van der Waals surface area (Å²) in [7, 11) is 0. The molecule has 0 unspecified atom stereocenters. The first kappa shape index (κ1) is 30.4. The quantitative estimate of drug-likeness (QED) is 0.194. The molecule has 2 N–H and O–H groups in total. The van der Waals surface area contributed by atoms with Gasteiger partial charge in [0.15, 0.2) is 0 Å². The van der Waals surface area contributed by atoms with Gasteiger partial charge < -0.3 is 11.4 Å². The minimum atomic E-state index is 0. The van der Waals surface area contributed by atoms with E-state index in [9.17, 15) is 0 Å². The Balaban J connectivity index is 0.00000196. The fraction of sp³-hybridized carbons (Fsp3) is 0. The number of nitrogens with zero attached hydrogens (tertiary/aromatic N) is 2. The largest absolute Gasteiger partial charge is 1.00 e. The van der Waals surface area contributed by atoms with Crippen molar-refractivity contribution in [1.82, 2.24) is 19.9 Å². The molecular formula is C44H31LiN4. The van der Waals surface area contributed by atoms with Gasteiger partial charge in [0, 0.05) is 44.3 Å². The average molecular weight is 623 g/mol. The van der Waals surface area contributed by atoms with E-state index in [0.717, 1.165) is 89.4 Å². The minimum absolute atomic E-state index is 0. The zero-order valence-electron chi connectivity index (χ0n) is 28.1. The molecule has 5 heteroatoms. The SMILES string of the molecule is C1=Cc2nc1c(-c1ccccc1)c1ccc([nH]1)c(-c1ccccc1)c1nc(c(-c3ccccc3)c3ccc([nH]3)c2-c2ccccc2)C=C1.[H-].[Li+]. The van der Waals surface area contributed by atoms with E-state index in [1.54, 1.807) is 0 Å². The van der Waals surface area contributed by atoms with Crippen LogP contribution in [0.1, 0.15) is 24.2 Å². The summed E-state index contributed by atoms with van der Waals surface area (Å²) in [5.74, 6) is 0. The summed E-state index contributed by atoms with van der Waals surface area (Å²) in [4.78, 5) is 18.3. The third-order valence-electron chi connectivity index (χ3n) is 9.00. The summed E-state index contributed by atoms with van der Waals surface area (Å²) in [6.45, 7) is 0. The van der Waals surface area contributed by atoms with Crippen LogP contribution in [0.15, 0.2) is 146 Å². The second-order valence-corrected chi connectivity index (χ2v) is 12.0. The Kier molecular flexibility index (Phi) is 8.03. The van der Waals surface area contributed by atoms with E-state index >= 15 is 0 Å². The van der Waals surface area contributed by atoms with Gasteiger partial charge in [0.25, 0.3) is 0 Å². The average Bonchev–Trinajstić information content (AvgIpc) is 3.98. The molecule has 0 aliphatic carbocycles. The molecule has 5 heterocycles. The minimum Gasteiger partial charge on any atom is -1.00 e. The first-order valence-electron chi connectivity index (χ1n) is 16.2. The van der Waals surface area contributed by atoms with E-state index < -0.39 is 0 Å².